The van der Waals surface area contributed by atoms with Crippen molar-refractivity contribution in [3.8, 4) is 0 Å². The minimum absolute atomic E-state index is 0.0871. The van der Waals surface area contributed by atoms with Gasteiger partial charge in [0.2, 0.25) is 21.8 Å². The second-order valence-electron chi connectivity index (χ2n) is 11.7. The largest absolute Gasteiger partial charge is 0.444 e. The van der Waals surface area contributed by atoms with E-state index in [1.807, 2.05) is 6.08 Å². The summed E-state index contributed by atoms with van der Waals surface area (Å²) in [5.74, 6) is -2.58. The Morgan fingerprint density at radius 3 is 2.64 bits per heavy atom. The molecule has 3 fully saturated rings. The number of nitrogens with zero attached hydrogens (tertiary/aromatic N) is 1. The molecule has 0 unspecified atom stereocenters. The van der Waals surface area contributed by atoms with Gasteiger partial charge in [0, 0.05) is 25.5 Å². The zero-order valence-electron chi connectivity index (χ0n) is 22.5. The van der Waals surface area contributed by atoms with Gasteiger partial charge >= 0.3 is 6.09 Å². The number of fused-ring (bicyclic) bond motifs is 2. The van der Waals surface area contributed by atoms with Gasteiger partial charge in [0.05, 0.1) is 18.0 Å². The molecule has 2 aliphatic heterocycles. The van der Waals surface area contributed by atoms with Crippen molar-refractivity contribution in [1.82, 2.24) is 20.3 Å². The Kier molecular flexibility index (Phi) is 8.29. The predicted octanol–water partition coefficient (Wildman–Crippen LogP) is -0.309. The Bertz CT molecular complexity index is 1130. The smallest absolute Gasteiger partial charge is 0.408 e. The van der Waals surface area contributed by atoms with Crippen LogP contribution in [0.15, 0.2) is 12.2 Å². The number of nitrogens with one attached hydrogen (secondary N) is 3. The van der Waals surface area contributed by atoms with E-state index in [0.717, 1.165) is 4.90 Å². The Hall–Kier alpha value is -2.71. The first-order valence-electron chi connectivity index (χ1n) is 13.3. The number of allylic oxidation sites excluding steroid dienone is 1. The lowest BCUT2D eigenvalue weighted by Crippen LogP contribution is -2.59. The van der Waals surface area contributed by atoms with Gasteiger partial charge in [0.15, 0.2) is 0 Å². The summed E-state index contributed by atoms with van der Waals surface area (Å²) in [7, 11) is -3.85. The first-order valence-corrected chi connectivity index (χ1v) is 14.9. The quantitative estimate of drug-likeness (QED) is 0.330. The van der Waals surface area contributed by atoms with E-state index in [0.29, 0.717) is 25.7 Å². The highest BCUT2D eigenvalue weighted by Crippen LogP contribution is 2.46. The SMILES string of the molecule is CC(C)(C)OC(=O)N[C@H]1COCCC/C=C\[C@H]2C[C@@]2(C(=O)NS(=O)(=O)C2CC2)NC(=O)[C@@H]2C[C@@H](O)CN2C1=O. The van der Waals surface area contributed by atoms with Crippen LogP contribution in [-0.2, 0) is 33.9 Å². The number of carbonyl (C=O) groups excluding carboxylic acids is 4. The van der Waals surface area contributed by atoms with Crippen molar-refractivity contribution in [2.24, 2.45) is 5.92 Å². The van der Waals surface area contributed by atoms with Crippen LogP contribution in [0.2, 0.25) is 0 Å². The average Bonchev–Trinajstić information content (AvgIpc) is 3.73. The number of rotatable bonds is 4. The molecule has 4 N–H and O–H groups in total. The molecular weight excluding hydrogens is 532 g/mol. The summed E-state index contributed by atoms with van der Waals surface area (Å²) in [6.07, 6.45) is 4.01. The molecule has 0 radical (unpaired) electrons. The molecule has 0 aromatic carbocycles. The molecule has 2 heterocycles. The summed E-state index contributed by atoms with van der Waals surface area (Å²) in [5, 5.41) is 15.0. The summed E-state index contributed by atoms with van der Waals surface area (Å²) in [5.41, 5.74) is -2.29. The van der Waals surface area contributed by atoms with E-state index in [1.165, 1.54) is 0 Å². The van der Waals surface area contributed by atoms with Crippen molar-refractivity contribution in [2.45, 2.75) is 93.9 Å². The molecule has 0 bridgehead atoms. The van der Waals surface area contributed by atoms with E-state index in [4.69, 9.17) is 9.47 Å². The number of hydrogen-bond acceptors (Lipinski definition) is 9. The Balaban J connectivity index is 1.57. The van der Waals surface area contributed by atoms with Crippen LogP contribution in [0.5, 0.6) is 0 Å². The number of aliphatic hydroxyl groups is 1. The number of alkyl carbamates (subject to hydrolysis) is 1. The van der Waals surface area contributed by atoms with Crippen LogP contribution in [0.1, 0.15) is 59.3 Å². The van der Waals surface area contributed by atoms with Gasteiger partial charge in [-0.1, -0.05) is 12.2 Å². The second-order valence-corrected chi connectivity index (χ2v) is 13.6. The van der Waals surface area contributed by atoms with Gasteiger partial charge in [-0.05, 0) is 52.9 Å². The first-order chi connectivity index (χ1) is 18.2. The maximum absolute atomic E-state index is 13.5. The fourth-order valence-corrected chi connectivity index (χ4v) is 6.23. The summed E-state index contributed by atoms with van der Waals surface area (Å²) in [4.78, 5) is 53.9. The van der Waals surface area contributed by atoms with Crippen molar-refractivity contribution < 1.29 is 42.2 Å². The van der Waals surface area contributed by atoms with Crippen molar-refractivity contribution in [1.29, 1.82) is 0 Å². The number of hydrogen-bond donors (Lipinski definition) is 4. The van der Waals surface area contributed by atoms with E-state index in [2.05, 4.69) is 15.4 Å². The third-order valence-corrected chi connectivity index (χ3v) is 8.95. The number of amides is 4. The summed E-state index contributed by atoms with van der Waals surface area (Å²) in [6.45, 7) is 4.99. The molecule has 39 heavy (non-hydrogen) atoms. The molecule has 0 spiro atoms. The second kappa shape index (κ2) is 11.0. The third kappa shape index (κ3) is 7.09. The van der Waals surface area contributed by atoms with Crippen LogP contribution < -0.4 is 15.4 Å². The molecule has 2 saturated carbocycles. The van der Waals surface area contributed by atoms with Crippen LogP contribution >= 0.6 is 0 Å². The van der Waals surface area contributed by atoms with Gasteiger partial charge in [0.25, 0.3) is 5.91 Å². The molecule has 4 aliphatic rings. The standard InChI is InChI=1S/C25H38N4O9S/c1-24(2,3)38-23(34)26-18-14-37-10-6-4-5-7-15-12-25(15,22(33)28-39(35,36)17-8-9-17)27-20(31)19-11-16(30)13-29(19)21(18)32/h5,7,15-19,30H,4,6,8-14H2,1-3H3,(H,26,34)(H,27,31)(H,28,33)/b7-5-/t15-,16+,18-,19-,25+/m0/s1. The van der Waals surface area contributed by atoms with Gasteiger partial charge in [-0.3, -0.25) is 19.1 Å². The van der Waals surface area contributed by atoms with Crippen LogP contribution in [0.3, 0.4) is 0 Å². The van der Waals surface area contributed by atoms with Crippen LogP contribution in [0.25, 0.3) is 0 Å². The van der Waals surface area contributed by atoms with Gasteiger partial charge in [-0.15, -0.1) is 0 Å². The minimum atomic E-state index is -3.85. The maximum Gasteiger partial charge on any atom is 0.408 e. The fourth-order valence-electron chi connectivity index (χ4n) is 4.86. The van der Waals surface area contributed by atoms with Crippen LogP contribution in [0, 0.1) is 5.92 Å². The Labute approximate surface area is 228 Å². The zero-order chi connectivity index (χ0) is 28.6. The normalized spacial score (nSPS) is 33.0. The van der Waals surface area contributed by atoms with Crippen molar-refractivity contribution in [3.05, 3.63) is 12.2 Å². The zero-order valence-corrected chi connectivity index (χ0v) is 23.3. The molecule has 0 aromatic heterocycles. The molecule has 0 aromatic rings. The summed E-state index contributed by atoms with van der Waals surface area (Å²) >= 11 is 0. The average molecular weight is 571 g/mol. The molecule has 218 valence electrons. The summed E-state index contributed by atoms with van der Waals surface area (Å²) < 4.78 is 38.0. The van der Waals surface area contributed by atoms with Crippen molar-refractivity contribution in [3.63, 3.8) is 0 Å². The topological polar surface area (TPSA) is 180 Å². The highest BCUT2D eigenvalue weighted by molar-refractivity contribution is 7.91. The first kappa shape index (κ1) is 29.3. The molecule has 14 heteroatoms. The molecular formula is C25H38N4O9S. The van der Waals surface area contributed by atoms with Crippen molar-refractivity contribution >= 4 is 33.8 Å². The number of aliphatic hydroxyl groups excluding tert-OH is 1. The van der Waals surface area contributed by atoms with E-state index in [1.54, 1.807) is 26.8 Å². The van der Waals surface area contributed by atoms with E-state index < -0.39 is 74.3 Å². The lowest BCUT2D eigenvalue weighted by Gasteiger charge is -2.30. The van der Waals surface area contributed by atoms with Gasteiger partial charge in [0.1, 0.15) is 23.2 Å². The van der Waals surface area contributed by atoms with Gasteiger partial charge in [-0.25, -0.2) is 13.2 Å². The van der Waals surface area contributed by atoms with Crippen molar-refractivity contribution in [2.75, 3.05) is 19.8 Å². The molecule has 4 amide bonds. The Morgan fingerprint density at radius 1 is 1.26 bits per heavy atom. The highest BCUT2D eigenvalue weighted by Gasteiger charge is 2.62. The molecule has 1 saturated heterocycles. The monoisotopic (exact) mass is 570 g/mol. The van der Waals surface area contributed by atoms with E-state index in [-0.39, 0.29) is 32.6 Å². The lowest BCUT2D eigenvalue weighted by molar-refractivity contribution is -0.142. The number of carbonyl (C=O) groups is 4. The predicted molar refractivity (Wildman–Crippen MR) is 138 cm³/mol. The Morgan fingerprint density at radius 2 is 1.97 bits per heavy atom. The number of sulfonamides is 1. The molecule has 4 rings (SSSR count). The molecule has 13 nitrogen and oxygen atoms in total. The highest BCUT2D eigenvalue weighted by atomic mass is 32.2. The van der Waals surface area contributed by atoms with Gasteiger partial charge < -0.3 is 30.1 Å². The van der Waals surface area contributed by atoms with E-state index >= 15 is 0 Å². The van der Waals surface area contributed by atoms with E-state index in [9.17, 15) is 32.7 Å². The lowest BCUT2D eigenvalue weighted by atomic mass is 10.1. The van der Waals surface area contributed by atoms with Gasteiger partial charge in [-0.2, -0.15) is 0 Å². The summed E-state index contributed by atoms with van der Waals surface area (Å²) in [6, 6.07) is -2.33. The molecule has 2 aliphatic carbocycles. The third-order valence-electron chi connectivity index (χ3n) is 7.13. The fraction of sp³-hybridized carbons (Fsp3) is 0.760. The van der Waals surface area contributed by atoms with Crippen LogP contribution in [0.4, 0.5) is 4.79 Å². The maximum atomic E-state index is 13.5. The number of ether oxygens (including phenoxy) is 2. The minimum Gasteiger partial charge on any atom is -0.444 e. The molecule has 5 atom stereocenters. The van der Waals surface area contributed by atoms with Crippen LogP contribution in [-0.4, -0.2) is 96.6 Å².